The first kappa shape index (κ1) is 15.6. The summed E-state index contributed by atoms with van der Waals surface area (Å²) in [6.45, 7) is 4.06. The van der Waals surface area contributed by atoms with Crippen molar-refractivity contribution in [2.24, 2.45) is 0 Å². The van der Waals surface area contributed by atoms with Crippen LogP contribution >= 0.6 is 0 Å². The first-order chi connectivity index (χ1) is 10.3. The van der Waals surface area contributed by atoms with Crippen molar-refractivity contribution < 1.29 is 9.53 Å². The number of likely N-dealkylation sites (tertiary alicyclic amines) is 1. The summed E-state index contributed by atoms with van der Waals surface area (Å²) in [6, 6.07) is 10.3. The monoisotopic (exact) mass is 285 g/mol. The first-order valence-electron chi connectivity index (χ1n) is 7.76. The molecule has 21 heavy (non-hydrogen) atoms. The molecule has 0 saturated carbocycles. The standard InChI is InChI=1S/C18H23NO2/c1-2-21-18(20)13-15-19-14-7-6-10-17(19)12-11-16-8-4-3-5-9-16/h3-5,8-9,17H,2,6-7,10,13-15H2,1H3. The fourth-order valence-corrected chi connectivity index (χ4v) is 2.58. The highest BCUT2D eigenvalue weighted by Gasteiger charge is 2.21. The molecule has 0 bridgehead atoms. The normalized spacial score (nSPS) is 18.6. The summed E-state index contributed by atoms with van der Waals surface area (Å²) in [4.78, 5) is 13.8. The van der Waals surface area contributed by atoms with Crippen LogP contribution in [0.25, 0.3) is 0 Å². The van der Waals surface area contributed by atoms with Crippen LogP contribution in [-0.2, 0) is 9.53 Å². The summed E-state index contributed by atoms with van der Waals surface area (Å²) in [5.74, 6) is 6.50. The molecule has 0 spiro atoms. The van der Waals surface area contributed by atoms with Crippen molar-refractivity contribution in [1.82, 2.24) is 4.90 Å². The number of carbonyl (C=O) groups excluding carboxylic acids is 1. The third-order valence-corrected chi connectivity index (χ3v) is 3.68. The average Bonchev–Trinajstić information content (AvgIpc) is 2.53. The third kappa shape index (κ3) is 5.24. The van der Waals surface area contributed by atoms with Gasteiger partial charge in [-0.1, -0.05) is 30.0 Å². The Balaban J connectivity index is 1.93. The molecule has 1 heterocycles. The molecule has 3 heteroatoms. The van der Waals surface area contributed by atoms with E-state index >= 15 is 0 Å². The van der Waals surface area contributed by atoms with Gasteiger partial charge in [-0.25, -0.2) is 0 Å². The fraction of sp³-hybridized carbons (Fsp3) is 0.500. The zero-order valence-electron chi connectivity index (χ0n) is 12.7. The van der Waals surface area contributed by atoms with E-state index in [1.54, 1.807) is 0 Å². The number of rotatable bonds is 4. The van der Waals surface area contributed by atoms with Gasteiger partial charge in [0.1, 0.15) is 0 Å². The highest BCUT2D eigenvalue weighted by atomic mass is 16.5. The Labute approximate surface area is 127 Å². The minimum Gasteiger partial charge on any atom is -0.466 e. The molecule has 0 aliphatic carbocycles. The molecule has 1 atom stereocenters. The van der Waals surface area contributed by atoms with E-state index in [-0.39, 0.29) is 12.0 Å². The van der Waals surface area contributed by atoms with Crippen molar-refractivity contribution in [3.05, 3.63) is 35.9 Å². The summed E-state index contributed by atoms with van der Waals surface area (Å²) in [7, 11) is 0. The third-order valence-electron chi connectivity index (χ3n) is 3.68. The molecule has 1 aliphatic heterocycles. The highest BCUT2D eigenvalue weighted by molar-refractivity contribution is 5.69. The Bertz CT molecular complexity index is 501. The molecule has 2 rings (SSSR count). The van der Waals surface area contributed by atoms with Crippen LogP contribution in [0.5, 0.6) is 0 Å². The Kier molecular flexibility index (Phi) is 6.30. The van der Waals surface area contributed by atoms with Gasteiger partial charge in [0.05, 0.1) is 19.1 Å². The van der Waals surface area contributed by atoms with Crippen molar-refractivity contribution in [3.63, 3.8) is 0 Å². The van der Waals surface area contributed by atoms with Crippen LogP contribution in [0.4, 0.5) is 0 Å². The molecule has 3 nitrogen and oxygen atoms in total. The van der Waals surface area contributed by atoms with Gasteiger partial charge >= 0.3 is 5.97 Å². The number of ether oxygens (including phenoxy) is 1. The molecule has 1 unspecified atom stereocenters. The van der Waals surface area contributed by atoms with Gasteiger partial charge in [-0.2, -0.15) is 0 Å². The second-order valence-corrected chi connectivity index (χ2v) is 5.24. The van der Waals surface area contributed by atoms with Crippen molar-refractivity contribution in [1.29, 1.82) is 0 Å². The van der Waals surface area contributed by atoms with Gasteiger partial charge in [0.2, 0.25) is 0 Å². The number of hydrogen-bond donors (Lipinski definition) is 0. The Morgan fingerprint density at radius 2 is 2.14 bits per heavy atom. The highest BCUT2D eigenvalue weighted by Crippen LogP contribution is 2.17. The van der Waals surface area contributed by atoms with Gasteiger partial charge in [-0.15, -0.1) is 0 Å². The van der Waals surface area contributed by atoms with Gasteiger partial charge in [0.15, 0.2) is 0 Å². The van der Waals surface area contributed by atoms with E-state index in [0.29, 0.717) is 13.0 Å². The second kappa shape index (κ2) is 8.49. The van der Waals surface area contributed by atoms with Gasteiger partial charge in [-0.05, 0) is 44.9 Å². The topological polar surface area (TPSA) is 29.5 Å². The number of benzene rings is 1. The maximum absolute atomic E-state index is 11.5. The molecule has 1 saturated heterocycles. The van der Waals surface area contributed by atoms with E-state index < -0.39 is 0 Å². The maximum atomic E-state index is 11.5. The van der Waals surface area contributed by atoms with E-state index in [1.807, 2.05) is 37.3 Å². The van der Waals surface area contributed by atoms with Crippen LogP contribution in [0, 0.1) is 11.8 Å². The van der Waals surface area contributed by atoms with Gasteiger partial charge in [0.25, 0.3) is 0 Å². The van der Waals surface area contributed by atoms with Crippen LogP contribution in [0.3, 0.4) is 0 Å². The first-order valence-corrected chi connectivity index (χ1v) is 7.76. The van der Waals surface area contributed by atoms with Crippen molar-refractivity contribution in [3.8, 4) is 11.8 Å². The second-order valence-electron chi connectivity index (χ2n) is 5.24. The summed E-state index contributed by atoms with van der Waals surface area (Å²) in [6.07, 6.45) is 3.94. The molecule has 0 radical (unpaired) electrons. The maximum Gasteiger partial charge on any atom is 0.307 e. The molecular weight excluding hydrogens is 262 g/mol. The van der Waals surface area contributed by atoms with Crippen LogP contribution in [0.15, 0.2) is 30.3 Å². The molecule has 0 N–H and O–H groups in total. The number of carbonyl (C=O) groups is 1. The summed E-state index contributed by atoms with van der Waals surface area (Å²) < 4.78 is 5.00. The van der Waals surface area contributed by atoms with Gasteiger partial charge in [0, 0.05) is 12.1 Å². The number of nitrogens with zero attached hydrogens (tertiary/aromatic N) is 1. The van der Waals surface area contributed by atoms with E-state index in [0.717, 1.165) is 25.1 Å². The minimum absolute atomic E-state index is 0.113. The number of piperidine rings is 1. The largest absolute Gasteiger partial charge is 0.466 e. The van der Waals surface area contributed by atoms with E-state index in [9.17, 15) is 4.79 Å². The average molecular weight is 285 g/mol. The zero-order chi connectivity index (χ0) is 14.9. The van der Waals surface area contributed by atoms with E-state index in [2.05, 4.69) is 16.7 Å². The molecule has 0 amide bonds. The molecule has 1 fully saturated rings. The molecule has 1 aliphatic rings. The van der Waals surface area contributed by atoms with Crippen molar-refractivity contribution in [2.75, 3.05) is 19.7 Å². The lowest BCUT2D eigenvalue weighted by Gasteiger charge is -2.32. The smallest absolute Gasteiger partial charge is 0.307 e. The molecule has 1 aromatic rings. The van der Waals surface area contributed by atoms with Gasteiger partial charge < -0.3 is 4.74 Å². The minimum atomic E-state index is -0.113. The van der Waals surface area contributed by atoms with E-state index in [1.165, 1.54) is 12.8 Å². The van der Waals surface area contributed by atoms with Crippen LogP contribution in [-0.4, -0.2) is 36.6 Å². The van der Waals surface area contributed by atoms with Crippen molar-refractivity contribution >= 4 is 5.97 Å². The van der Waals surface area contributed by atoms with Crippen LogP contribution in [0.1, 0.15) is 38.2 Å². The lowest BCUT2D eigenvalue weighted by atomic mass is 10.0. The zero-order valence-corrected chi connectivity index (χ0v) is 12.7. The predicted molar refractivity (Wildman–Crippen MR) is 83.8 cm³/mol. The van der Waals surface area contributed by atoms with Crippen LogP contribution in [0.2, 0.25) is 0 Å². The molecule has 1 aromatic carbocycles. The quantitative estimate of drug-likeness (QED) is 0.629. The molecule has 0 aromatic heterocycles. The summed E-state index contributed by atoms with van der Waals surface area (Å²) in [5, 5.41) is 0. The van der Waals surface area contributed by atoms with Crippen LogP contribution < -0.4 is 0 Å². The summed E-state index contributed by atoms with van der Waals surface area (Å²) >= 11 is 0. The Morgan fingerprint density at radius 3 is 2.90 bits per heavy atom. The van der Waals surface area contributed by atoms with E-state index in [4.69, 9.17) is 4.74 Å². The summed E-state index contributed by atoms with van der Waals surface area (Å²) in [5.41, 5.74) is 1.05. The predicted octanol–water partition coefficient (Wildman–Crippen LogP) is 2.85. The number of hydrogen-bond acceptors (Lipinski definition) is 3. The molecule has 112 valence electrons. The Hall–Kier alpha value is -1.79. The van der Waals surface area contributed by atoms with Crippen molar-refractivity contribution in [2.45, 2.75) is 38.6 Å². The fourth-order valence-electron chi connectivity index (χ4n) is 2.58. The Morgan fingerprint density at radius 1 is 1.33 bits per heavy atom. The molecular formula is C18H23NO2. The van der Waals surface area contributed by atoms with Gasteiger partial charge in [-0.3, -0.25) is 9.69 Å². The lowest BCUT2D eigenvalue weighted by Crippen LogP contribution is -2.40. The lowest BCUT2D eigenvalue weighted by molar-refractivity contribution is -0.143. The number of esters is 1. The SMILES string of the molecule is CCOC(=O)CCN1CCCCC1C#Cc1ccccc1.